The molecule has 0 aliphatic rings. The molecule has 2 rings (SSSR count). The zero-order chi connectivity index (χ0) is 13.5. The number of fused-ring (bicyclic) bond motifs is 1. The molecule has 0 saturated heterocycles. The molecule has 0 atom stereocenters. The standard InChI is InChI=1S/C14H19N3O2/c1-18-8-9-19-7-6-16-14-5-2-11-10-12(15)3-4-13(11)17-14/h2-5,10H,6-9,15H2,1H3,(H,16,17). The van der Waals surface area contributed by atoms with Gasteiger partial charge in [0.15, 0.2) is 0 Å². The van der Waals surface area contributed by atoms with Crippen molar-refractivity contribution in [1.82, 2.24) is 4.98 Å². The van der Waals surface area contributed by atoms with Gasteiger partial charge in [0.25, 0.3) is 0 Å². The second kappa shape index (κ2) is 6.92. The van der Waals surface area contributed by atoms with Crippen LogP contribution < -0.4 is 11.1 Å². The van der Waals surface area contributed by atoms with Gasteiger partial charge < -0.3 is 20.5 Å². The van der Waals surface area contributed by atoms with Crippen molar-refractivity contribution < 1.29 is 9.47 Å². The highest BCUT2D eigenvalue weighted by Crippen LogP contribution is 2.17. The van der Waals surface area contributed by atoms with Crippen LogP contribution in [0.5, 0.6) is 0 Å². The summed E-state index contributed by atoms with van der Waals surface area (Å²) in [5.74, 6) is 0.840. The van der Waals surface area contributed by atoms with Crippen LogP contribution in [0.1, 0.15) is 0 Å². The van der Waals surface area contributed by atoms with E-state index >= 15 is 0 Å². The Bertz CT molecular complexity index is 531. The summed E-state index contributed by atoms with van der Waals surface area (Å²) in [6, 6.07) is 9.64. The van der Waals surface area contributed by atoms with E-state index in [9.17, 15) is 0 Å². The minimum atomic E-state index is 0.614. The number of benzene rings is 1. The predicted octanol–water partition coefficient (Wildman–Crippen LogP) is 1.89. The van der Waals surface area contributed by atoms with Gasteiger partial charge in [0.05, 0.1) is 25.3 Å². The fourth-order valence-electron chi connectivity index (χ4n) is 1.74. The molecule has 0 fully saturated rings. The van der Waals surface area contributed by atoms with Crippen molar-refractivity contribution in [2.45, 2.75) is 0 Å². The van der Waals surface area contributed by atoms with Gasteiger partial charge in [-0.05, 0) is 30.3 Å². The second-order valence-electron chi connectivity index (χ2n) is 4.18. The number of nitrogen functional groups attached to an aromatic ring is 1. The van der Waals surface area contributed by atoms with Gasteiger partial charge in [-0.25, -0.2) is 4.98 Å². The van der Waals surface area contributed by atoms with E-state index in [0.717, 1.165) is 29.0 Å². The van der Waals surface area contributed by atoms with Crippen LogP contribution in [0.4, 0.5) is 11.5 Å². The molecule has 0 radical (unpaired) electrons. The maximum absolute atomic E-state index is 5.73. The monoisotopic (exact) mass is 261 g/mol. The largest absolute Gasteiger partial charge is 0.399 e. The van der Waals surface area contributed by atoms with Crippen molar-refractivity contribution in [3.63, 3.8) is 0 Å². The quantitative estimate of drug-likeness (QED) is 0.588. The molecular weight excluding hydrogens is 242 g/mol. The first-order chi connectivity index (χ1) is 9.29. The van der Waals surface area contributed by atoms with E-state index in [1.807, 2.05) is 30.3 Å². The number of hydrogen-bond acceptors (Lipinski definition) is 5. The van der Waals surface area contributed by atoms with Gasteiger partial charge in [0.2, 0.25) is 0 Å². The lowest BCUT2D eigenvalue weighted by Crippen LogP contribution is -2.12. The summed E-state index contributed by atoms with van der Waals surface area (Å²) in [5, 5.41) is 4.26. The number of aromatic nitrogens is 1. The molecule has 0 aliphatic carbocycles. The molecule has 5 heteroatoms. The predicted molar refractivity (Wildman–Crippen MR) is 77.3 cm³/mol. The van der Waals surface area contributed by atoms with Gasteiger partial charge in [-0.3, -0.25) is 0 Å². The molecule has 0 bridgehead atoms. The van der Waals surface area contributed by atoms with Crippen LogP contribution in [-0.4, -0.2) is 38.5 Å². The van der Waals surface area contributed by atoms with Crippen molar-refractivity contribution in [1.29, 1.82) is 0 Å². The lowest BCUT2D eigenvalue weighted by molar-refractivity contribution is 0.0759. The summed E-state index contributed by atoms with van der Waals surface area (Å²) in [4.78, 5) is 4.50. The Kier molecular flexibility index (Phi) is 4.94. The number of anilines is 2. The number of pyridine rings is 1. The topological polar surface area (TPSA) is 69.4 Å². The third-order valence-corrected chi connectivity index (χ3v) is 2.70. The van der Waals surface area contributed by atoms with Crippen LogP contribution >= 0.6 is 0 Å². The van der Waals surface area contributed by atoms with Gasteiger partial charge in [-0.2, -0.15) is 0 Å². The van der Waals surface area contributed by atoms with E-state index in [1.165, 1.54) is 0 Å². The number of hydrogen-bond donors (Lipinski definition) is 2. The van der Waals surface area contributed by atoms with Crippen molar-refractivity contribution in [2.24, 2.45) is 0 Å². The molecule has 1 heterocycles. The molecule has 0 unspecified atom stereocenters. The van der Waals surface area contributed by atoms with E-state index in [2.05, 4.69) is 10.3 Å². The lowest BCUT2D eigenvalue weighted by Gasteiger charge is -2.07. The molecule has 2 aromatic rings. The van der Waals surface area contributed by atoms with Crippen molar-refractivity contribution in [3.05, 3.63) is 30.3 Å². The molecule has 0 amide bonds. The van der Waals surface area contributed by atoms with Crippen LogP contribution in [-0.2, 0) is 9.47 Å². The maximum Gasteiger partial charge on any atom is 0.126 e. The fraction of sp³-hybridized carbons (Fsp3) is 0.357. The Hall–Kier alpha value is -1.85. The van der Waals surface area contributed by atoms with Gasteiger partial charge in [-0.1, -0.05) is 0 Å². The van der Waals surface area contributed by atoms with Crippen molar-refractivity contribution in [3.8, 4) is 0 Å². The lowest BCUT2D eigenvalue weighted by atomic mass is 10.2. The average Bonchev–Trinajstić information content (AvgIpc) is 2.43. The molecule has 1 aromatic heterocycles. The minimum Gasteiger partial charge on any atom is -0.399 e. The molecule has 0 saturated carbocycles. The molecule has 102 valence electrons. The van der Waals surface area contributed by atoms with E-state index < -0.39 is 0 Å². The fourth-order valence-corrected chi connectivity index (χ4v) is 1.74. The Labute approximate surface area is 112 Å². The van der Waals surface area contributed by atoms with Crippen LogP contribution in [0, 0.1) is 0 Å². The van der Waals surface area contributed by atoms with Gasteiger partial charge >= 0.3 is 0 Å². The first-order valence-electron chi connectivity index (χ1n) is 6.26. The summed E-state index contributed by atoms with van der Waals surface area (Å²) in [5.41, 5.74) is 7.41. The molecule has 0 spiro atoms. The average molecular weight is 261 g/mol. The maximum atomic E-state index is 5.73. The Balaban J connectivity index is 1.86. The van der Waals surface area contributed by atoms with E-state index in [1.54, 1.807) is 7.11 Å². The number of rotatable bonds is 7. The smallest absolute Gasteiger partial charge is 0.126 e. The van der Waals surface area contributed by atoms with Gasteiger partial charge in [-0.15, -0.1) is 0 Å². The Morgan fingerprint density at radius 1 is 1.16 bits per heavy atom. The zero-order valence-electron chi connectivity index (χ0n) is 11.1. The van der Waals surface area contributed by atoms with Gasteiger partial charge in [0, 0.05) is 24.7 Å². The SMILES string of the molecule is COCCOCCNc1ccc2cc(N)ccc2n1. The minimum absolute atomic E-state index is 0.614. The Morgan fingerprint density at radius 3 is 2.89 bits per heavy atom. The van der Waals surface area contributed by atoms with Crippen LogP contribution in [0.2, 0.25) is 0 Å². The van der Waals surface area contributed by atoms with Crippen LogP contribution in [0.15, 0.2) is 30.3 Å². The molecular formula is C14H19N3O2. The highest BCUT2D eigenvalue weighted by atomic mass is 16.5. The van der Waals surface area contributed by atoms with E-state index in [4.69, 9.17) is 15.2 Å². The third-order valence-electron chi connectivity index (χ3n) is 2.70. The molecule has 5 nitrogen and oxygen atoms in total. The van der Waals surface area contributed by atoms with Crippen molar-refractivity contribution >= 4 is 22.4 Å². The first kappa shape index (κ1) is 13.6. The normalized spacial score (nSPS) is 10.8. The number of nitrogens with zero attached hydrogens (tertiary/aromatic N) is 1. The third kappa shape index (κ3) is 4.08. The number of methoxy groups -OCH3 is 1. The Morgan fingerprint density at radius 2 is 2.05 bits per heavy atom. The highest BCUT2D eigenvalue weighted by Gasteiger charge is 1.98. The van der Waals surface area contributed by atoms with Gasteiger partial charge in [0.1, 0.15) is 5.82 Å². The summed E-state index contributed by atoms with van der Waals surface area (Å²) >= 11 is 0. The molecule has 1 aromatic carbocycles. The second-order valence-corrected chi connectivity index (χ2v) is 4.18. The highest BCUT2D eigenvalue weighted by molar-refractivity contribution is 5.83. The summed E-state index contributed by atoms with van der Waals surface area (Å²) in [7, 11) is 1.66. The number of ether oxygens (including phenoxy) is 2. The molecule has 3 N–H and O–H groups in total. The summed E-state index contributed by atoms with van der Waals surface area (Å²) in [6.07, 6.45) is 0. The molecule has 19 heavy (non-hydrogen) atoms. The zero-order valence-corrected chi connectivity index (χ0v) is 11.1. The summed E-state index contributed by atoms with van der Waals surface area (Å²) < 4.78 is 10.3. The van der Waals surface area contributed by atoms with E-state index in [-0.39, 0.29) is 0 Å². The number of nitrogens with one attached hydrogen (secondary N) is 1. The van der Waals surface area contributed by atoms with E-state index in [0.29, 0.717) is 19.8 Å². The first-order valence-corrected chi connectivity index (χ1v) is 6.26. The molecule has 0 aliphatic heterocycles. The van der Waals surface area contributed by atoms with Crippen LogP contribution in [0.3, 0.4) is 0 Å². The van der Waals surface area contributed by atoms with Crippen molar-refractivity contribution in [2.75, 3.05) is 44.5 Å². The number of nitrogens with two attached hydrogens (primary N) is 1. The summed E-state index contributed by atoms with van der Waals surface area (Å²) in [6.45, 7) is 2.58. The van der Waals surface area contributed by atoms with Crippen LogP contribution in [0.25, 0.3) is 10.9 Å².